The Hall–Kier alpha value is -1.35. The van der Waals surface area contributed by atoms with Crippen LogP contribution in [0.1, 0.15) is 38.2 Å². The summed E-state index contributed by atoms with van der Waals surface area (Å²) < 4.78 is 0. The summed E-state index contributed by atoms with van der Waals surface area (Å²) in [5, 5.41) is 0. The summed E-state index contributed by atoms with van der Waals surface area (Å²) >= 11 is 0. The van der Waals surface area contributed by atoms with Crippen molar-refractivity contribution < 1.29 is 4.79 Å². The van der Waals surface area contributed by atoms with Crippen molar-refractivity contribution >= 4 is 5.91 Å². The predicted octanol–water partition coefficient (Wildman–Crippen LogP) is 2.06. The summed E-state index contributed by atoms with van der Waals surface area (Å²) in [7, 11) is 0. The predicted molar refractivity (Wildman–Crippen MR) is 75.8 cm³/mol. The Bertz CT molecular complexity index is 481. The minimum atomic E-state index is -0.533. The number of nitrogens with zero attached hydrogens (tertiary/aromatic N) is 1. The number of benzene rings is 1. The average Bonchev–Trinajstić information content (AvgIpc) is 3.18. The molecule has 0 spiro atoms. The maximum absolute atomic E-state index is 12.4. The zero-order chi connectivity index (χ0) is 13.5. The summed E-state index contributed by atoms with van der Waals surface area (Å²) in [6.07, 6.45) is 3.90. The fraction of sp³-hybridized carbons (Fsp3) is 0.562. The highest BCUT2D eigenvalue weighted by Crippen LogP contribution is 2.38. The molecule has 1 aromatic rings. The molecule has 1 aromatic carbocycles. The number of amides is 1. The van der Waals surface area contributed by atoms with Crippen LogP contribution in [0.5, 0.6) is 0 Å². The maximum atomic E-state index is 12.4. The molecule has 0 aromatic heterocycles. The van der Waals surface area contributed by atoms with Gasteiger partial charge in [-0.25, -0.2) is 0 Å². The third kappa shape index (κ3) is 2.27. The molecule has 2 aliphatic rings. The van der Waals surface area contributed by atoms with Crippen LogP contribution in [-0.4, -0.2) is 29.4 Å². The number of rotatable bonds is 2. The molecular weight excluding hydrogens is 236 g/mol. The summed E-state index contributed by atoms with van der Waals surface area (Å²) in [6, 6.07) is 10.5. The topological polar surface area (TPSA) is 46.3 Å². The smallest absolute Gasteiger partial charge is 0.242 e. The Kier molecular flexibility index (Phi) is 2.90. The van der Waals surface area contributed by atoms with Gasteiger partial charge in [0.25, 0.3) is 0 Å². The van der Waals surface area contributed by atoms with Gasteiger partial charge in [-0.15, -0.1) is 0 Å². The van der Waals surface area contributed by atoms with Crippen LogP contribution < -0.4 is 5.73 Å². The first kappa shape index (κ1) is 12.7. The van der Waals surface area contributed by atoms with E-state index in [4.69, 9.17) is 5.73 Å². The Morgan fingerprint density at radius 1 is 1.21 bits per heavy atom. The van der Waals surface area contributed by atoms with Crippen LogP contribution in [0.25, 0.3) is 0 Å². The summed E-state index contributed by atoms with van der Waals surface area (Å²) in [6.45, 7) is 3.92. The zero-order valence-corrected chi connectivity index (χ0v) is 11.6. The van der Waals surface area contributed by atoms with E-state index in [1.54, 1.807) is 0 Å². The highest BCUT2D eigenvalue weighted by atomic mass is 16.2. The molecular formula is C16H22N2O. The lowest BCUT2D eigenvalue weighted by Crippen LogP contribution is -2.53. The second-order valence-corrected chi connectivity index (χ2v) is 6.41. The van der Waals surface area contributed by atoms with Crippen molar-refractivity contribution in [1.29, 1.82) is 0 Å². The van der Waals surface area contributed by atoms with Crippen LogP contribution in [0, 0.1) is 0 Å². The van der Waals surface area contributed by atoms with Gasteiger partial charge in [0.2, 0.25) is 5.91 Å². The first-order valence-corrected chi connectivity index (χ1v) is 7.17. The molecule has 1 aliphatic heterocycles. The van der Waals surface area contributed by atoms with Gasteiger partial charge in [-0.3, -0.25) is 4.79 Å². The quantitative estimate of drug-likeness (QED) is 0.882. The lowest BCUT2D eigenvalue weighted by Gasteiger charge is -2.42. The largest absolute Gasteiger partial charge is 0.340 e. The van der Waals surface area contributed by atoms with Crippen molar-refractivity contribution in [3.05, 3.63) is 35.9 Å². The number of hydrogen-bond acceptors (Lipinski definition) is 2. The van der Waals surface area contributed by atoms with Gasteiger partial charge in [-0.05, 0) is 31.2 Å². The van der Waals surface area contributed by atoms with E-state index >= 15 is 0 Å². The molecule has 1 saturated carbocycles. The zero-order valence-electron chi connectivity index (χ0n) is 11.6. The highest BCUT2D eigenvalue weighted by Gasteiger charge is 2.49. The summed E-state index contributed by atoms with van der Waals surface area (Å²) in [4.78, 5) is 14.4. The van der Waals surface area contributed by atoms with Gasteiger partial charge in [0, 0.05) is 18.5 Å². The van der Waals surface area contributed by atoms with E-state index in [2.05, 4.69) is 31.2 Å². The van der Waals surface area contributed by atoms with Crippen molar-refractivity contribution in [2.24, 2.45) is 5.73 Å². The number of carbonyl (C=O) groups is 1. The van der Waals surface area contributed by atoms with E-state index in [1.165, 1.54) is 5.56 Å². The first-order chi connectivity index (χ1) is 9.04. The molecule has 1 aliphatic carbocycles. The monoisotopic (exact) mass is 258 g/mol. The summed E-state index contributed by atoms with van der Waals surface area (Å²) in [5.41, 5.74) is 6.92. The number of likely N-dealkylation sites (tertiary alicyclic amines) is 1. The van der Waals surface area contributed by atoms with Crippen molar-refractivity contribution in [1.82, 2.24) is 4.90 Å². The number of carbonyl (C=O) groups excluding carboxylic acids is 1. The average molecular weight is 258 g/mol. The minimum Gasteiger partial charge on any atom is -0.340 e. The highest BCUT2D eigenvalue weighted by molar-refractivity contribution is 5.89. The van der Waals surface area contributed by atoms with Crippen LogP contribution in [0.2, 0.25) is 0 Å². The number of hydrogen-bond donors (Lipinski definition) is 1. The molecule has 1 atom stereocenters. The van der Waals surface area contributed by atoms with Crippen molar-refractivity contribution in [2.45, 2.75) is 43.6 Å². The lowest BCUT2D eigenvalue weighted by molar-refractivity contribution is -0.135. The van der Waals surface area contributed by atoms with Gasteiger partial charge in [0.1, 0.15) is 0 Å². The molecule has 0 bridgehead atoms. The molecule has 0 radical (unpaired) electrons. The SMILES string of the molecule is CC1(c2ccccc2)CCCN(C(=O)C2(N)CC2)C1. The van der Waals surface area contributed by atoms with Crippen LogP contribution >= 0.6 is 0 Å². The van der Waals surface area contributed by atoms with E-state index in [0.29, 0.717) is 0 Å². The Labute approximate surface area is 114 Å². The van der Waals surface area contributed by atoms with Crippen LogP contribution in [0.3, 0.4) is 0 Å². The van der Waals surface area contributed by atoms with Gasteiger partial charge in [-0.2, -0.15) is 0 Å². The molecule has 102 valence electrons. The van der Waals surface area contributed by atoms with Gasteiger partial charge in [0.15, 0.2) is 0 Å². The third-order valence-corrected chi connectivity index (χ3v) is 4.67. The molecule has 1 saturated heterocycles. The fourth-order valence-corrected chi connectivity index (χ4v) is 3.15. The van der Waals surface area contributed by atoms with E-state index < -0.39 is 5.54 Å². The molecule has 2 fully saturated rings. The Morgan fingerprint density at radius 3 is 2.53 bits per heavy atom. The van der Waals surface area contributed by atoms with E-state index in [-0.39, 0.29) is 11.3 Å². The maximum Gasteiger partial charge on any atom is 0.242 e. The lowest BCUT2D eigenvalue weighted by atomic mass is 9.76. The van der Waals surface area contributed by atoms with Gasteiger partial charge < -0.3 is 10.6 Å². The minimum absolute atomic E-state index is 0.0699. The van der Waals surface area contributed by atoms with Gasteiger partial charge in [-0.1, -0.05) is 37.3 Å². The molecule has 1 amide bonds. The third-order valence-electron chi connectivity index (χ3n) is 4.67. The fourth-order valence-electron chi connectivity index (χ4n) is 3.15. The normalized spacial score (nSPS) is 29.1. The molecule has 3 heteroatoms. The molecule has 1 unspecified atom stereocenters. The Balaban J connectivity index is 1.79. The van der Waals surface area contributed by atoms with Crippen molar-refractivity contribution in [3.8, 4) is 0 Å². The van der Waals surface area contributed by atoms with E-state index in [0.717, 1.165) is 38.8 Å². The van der Waals surface area contributed by atoms with Gasteiger partial charge in [0.05, 0.1) is 5.54 Å². The summed E-state index contributed by atoms with van der Waals surface area (Å²) in [5.74, 6) is 0.161. The second kappa shape index (κ2) is 4.34. The van der Waals surface area contributed by atoms with E-state index in [1.807, 2.05) is 11.0 Å². The first-order valence-electron chi connectivity index (χ1n) is 7.17. The van der Waals surface area contributed by atoms with Crippen molar-refractivity contribution in [3.63, 3.8) is 0 Å². The van der Waals surface area contributed by atoms with Crippen molar-refractivity contribution in [2.75, 3.05) is 13.1 Å². The van der Waals surface area contributed by atoms with Crippen LogP contribution in [-0.2, 0) is 10.2 Å². The number of piperidine rings is 1. The molecule has 19 heavy (non-hydrogen) atoms. The number of nitrogens with two attached hydrogens (primary N) is 1. The molecule has 1 heterocycles. The second-order valence-electron chi connectivity index (χ2n) is 6.41. The molecule has 3 rings (SSSR count). The molecule has 2 N–H and O–H groups in total. The molecule has 3 nitrogen and oxygen atoms in total. The van der Waals surface area contributed by atoms with E-state index in [9.17, 15) is 4.79 Å². The Morgan fingerprint density at radius 2 is 1.89 bits per heavy atom. The van der Waals surface area contributed by atoms with Crippen LogP contribution in [0.4, 0.5) is 0 Å². The standard InChI is InChI=1S/C16H22N2O/c1-15(13-6-3-2-4-7-13)8-5-11-18(12-15)14(19)16(17)9-10-16/h2-4,6-7H,5,8-12,17H2,1H3. The van der Waals surface area contributed by atoms with Crippen LogP contribution in [0.15, 0.2) is 30.3 Å². The van der Waals surface area contributed by atoms with Gasteiger partial charge >= 0.3 is 0 Å².